The van der Waals surface area contributed by atoms with E-state index in [1.807, 2.05) is 0 Å². The number of ether oxygens (including phenoxy) is 1. The Bertz CT molecular complexity index is 508. The van der Waals surface area contributed by atoms with Crippen molar-refractivity contribution in [2.24, 2.45) is 4.99 Å². The molecule has 0 spiro atoms. The van der Waals surface area contributed by atoms with E-state index in [1.54, 1.807) is 0 Å². The molecule has 0 bridgehead atoms. The molecule has 2 aliphatic rings. The average molecular weight is 302 g/mol. The van der Waals surface area contributed by atoms with Gasteiger partial charge in [-0.15, -0.1) is 0 Å². The first-order valence-electron chi connectivity index (χ1n) is 8.15. The third kappa shape index (κ3) is 3.78. The summed E-state index contributed by atoms with van der Waals surface area (Å²) < 4.78 is 5.50. The molecule has 5 heteroatoms. The summed E-state index contributed by atoms with van der Waals surface area (Å²) >= 11 is 0. The molecule has 1 fully saturated rings. The highest BCUT2D eigenvalue weighted by Crippen LogP contribution is 2.21. The van der Waals surface area contributed by atoms with Crippen molar-refractivity contribution in [1.29, 1.82) is 0 Å². The van der Waals surface area contributed by atoms with Gasteiger partial charge in [-0.3, -0.25) is 9.89 Å². The molecule has 22 heavy (non-hydrogen) atoms. The van der Waals surface area contributed by atoms with Gasteiger partial charge >= 0.3 is 0 Å². The molecule has 2 N–H and O–H groups in total. The Kier molecular flexibility index (Phi) is 4.95. The molecule has 2 unspecified atom stereocenters. The highest BCUT2D eigenvalue weighted by Gasteiger charge is 2.23. The predicted octanol–water partition coefficient (Wildman–Crippen LogP) is 1.31. The van der Waals surface area contributed by atoms with Gasteiger partial charge in [0, 0.05) is 25.7 Å². The minimum Gasteiger partial charge on any atom is -0.379 e. The van der Waals surface area contributed by atoms with Crippen LogP contribution in [0, 0.1) is 6.92 Å². The second-order valence-electron chi connectivity index (χ2n) is 6.19. The molecule has 2 atom stereocenters. The Labute approximate surface area is 132 Å². The van der Waals surface area contributed by atoms with E-state index in [4.69, 9.17) is 4.74 Å². The number of hydrogen-bond donors (Lipinski definition) is 2. The van der Waals surface area contributed by atoms with E-state index in [-0.39, 0.29) is 0 Å². The minimum atomic E-state index is 0.352. The van der Waals surface area contributed by atoms with Gasteiger partial charge in [-0.05, 0) is 19.4 Å². The zero-order valence-electron chi connectivity index (χ0n) is 13.5. The lowest BCUT2D eigenvalue weighted by Gasteiger charge is -2.35. The number of benzene rings is 1. The number of aryl methyl sites for hydroxylation is 1. The SMILES string of the molecule is Cc1ccc(C(CNC2=NCC(C)N2)N2CCOCC2)cc1. The largest absolute Gasteiger partial charge is 0.379 e. The van der Waals surface area contributed by atoms with Gasteiger partial charge in [0.15, 0.2) is 5.96 Å². The maximum absolute atomic E-state index is 5.50. The lowest BCUT2D eigenvalue weighted by molar-refractivity contribution is 0.0170. The maximum Gasteiger partial charge on any atom is 0.191 e. The van der Waals surface area contributed by atoms with Crippen LogP contribution in [0.1, 0.15) is 24.1 Å². The van der Waals surface area contributed by atoms with Crippen molar-refractivity contribution < 1.29 is 4.74 Å². The summed E-state index contributed by atoms with van der Waals surface area (Å²) in [6.45, 7) is 9.60. The van der Waals surface area contributed by atoms with Crippen LogP contribution in [-0.4, -0.2) is 56.3 Å². The second-order valence-corrected chi connectivity index (χ2v) is 6.19. The van der Waals surface area contributed by atoms with E-state index in [1.165, 1.54) is 11.1 Å². The van der Waals surface area contributed by atoms with Crippen LogP contribution in [0.25, 0.3) is 0 Å². The number of guanidine groups is 1. The molecular formula is C17H26N4O. The number of hydrogen-bond acceptors (Lipinski definition) is 5. The van der Waals surface area contributed by atoms with Gasteiger partial charge in [0.05, 0.1) is 25.8 Å². The van der Waals surface area contributed by atoms with Crippen LogP contribution < -0.4 is 10.6 Å². The fraction of sp³-hybridized carbons (Fsp3) is 0.588. The molecule has 0 saturated carbocycles. The third-order valence-electron chi connectivity index (χ3n) is 4.32. The summed E-state index contributed by atoms with van der Waals surface area (Å²) in [7, 11) is 0. The van der Waals surface area contributed by atoms with Gasteiger partial charge in [-0.25, -0.2) is 0 Å². The Hall–Kier alpha value is -1.59. The van der Waals surface area contributed by atoms with Crippen molar-refractivity contribution in [3.8, 4) is 0 Å². The summed E-state index contributed by atoms with van der Waals surface area (Å²) in [5.41, 5.74) is 2.65. The average Bonchev–Trinajstić information content (AvgIpc) is 2.96. The first-order chi connectivity index (χ1) is 10.7. The summed E-state index contributed by atoms with van der Waals surface area (Å²) in [5.74, 6) is 0.929. The summed E-state index contributed by atoms with van der Waals surface area (Å²) in [5, 5.41) is 6.85. The van der Waals surface area contributed by atoms with E-state index in [0.29, 0.717) is 12.1 Å². The van der Waals surface area contributed by atoms with Gasteiger partial charge in [-0.1, -0.05) is 29.8 Å². The quantitative estimate of drug-likeness (QED) is 0.880. The molecule has 0 aromatic heterocycles. The molecule has 1 aromatic carbocycles. The van der Waals surface area contributed by atoms with Gasteiger partial charge < -0.3 is 15.4 Å². The molecule has 0 aliphatic carbocycles. The van der Waals surface area contributed by atoms with Crippen LogP contribution in [0.2, 0.25) is 0 Å². The molecule has 2 aliphatic heterocycles. The Morgan fingerprint density at radius 2 is 2.05 bits per heavy atom. The summed E-state index contributed by atoms with van der Waals surface area (Å²) in [6.07, 6.45) is 0. The van der Waals surface area contributed by atoms with Crippen LogP contribution in [0.15, 0.2) is 29.3 Å². The fourth-order valence-corrected chi connectivity index (χ4v) is 2.99. The summed E-state index contributed by atoms with van der Waals surface area (Å²) in [4.78, 5) is 6.99. The molecular weight excluding hydrogens is 276 g/mol. The number of morpholine rings is 1. The highest BCUT2D eigenvalue weighted by atomic mass is 16.5. The fourth-order valence-electron chi connectivity index (χ4n) is 2.99. The van der Waals surface area contributed by atoms with Crippen LogP contribution in [0.4, 0.5) is 0 Å². The molecule has 1 saturated heterocycles. The van der Waals surface area contributed by atoms with Crippen LogP contribution in [0.3, 0.4) is 0 Å². The van der Waals surface area contributed by atoms with Crippen molar-refractivity contribution in [2.45, 2.75) is 25.9 Å². The van der Waals surface area contributed by atoms with Crippen molar-refractivity contribution >= 4 is 5.96 Å². The van der Waals surface area contributed by atoms with Crippen molar-refractivity contribution in [2.75, 3.05) is 39.4 Å². The minimum absolute atomic E-state index is 0.352. The summed E-state index contributed by atoms with van der Waals surface area (Å²) in [6, 6.07) is 9.65. The van der Waals surface area contributed by atoms with Gasteiger partial charge in [0.2, 0.25) is 0 Å². The number of rotatable bonds is 4. The van der Waals surface area contributed by atoms with Crippen LogP contribution in [-0.2, 0) is 4.74 Å². The number of nitrogens with zero attached hydrogens (tertiary/aromatic N) is 2. The zero-order chi connectivity index (χ0) is 15.4. The Morgan fingerprint density at radius 3 is 2.68 bits per heavy atom. The molecule has 5 nitrogen and oxygen atoms in total. The predicted molar refractivity (Wildman–Crippen MR) is 89.2 cm³/mol. The van der Waals surface area contributed by atoms with Crippen LogP contribution >= 0.6 is 0 Å². The van der Waals surface area contributed by atoms with Crippen molar-refractivity contribution in [3.63, 3.8) is 0 Å². The topological polar surface area (TPSA) is 48.9 Å². The maximum atomic E-state index is 5.50. The molecule has 0 radical (unpaired) electrons. The zero-order valence-corrected chi connectivity index (χ0v) is 13.5. The standard InChI is InChI=1S/C17H26N4O/c1-13-3-5-15(6-4-13)16(21-7-9-22-10-8-21)12-19-17-18-11-14(2)20-17/h3-6,14,16H,7-12H2,1-2H3,(H2,18,19,20). The van der Waals surface area contributed by atoms with Gasteiger partial charge in [-0.2, -0.15) is 0 Å². The van der Waals surface area contributed by atoms with Crippen molar-refractivity contribution in [1.82, 2.24) is 15.5 Å². The van der Waals surface area contributed by atoms with E-state index in [0.717, 1.165) is 45.4 Å². The molecule has 3 rings (SSSR count). The lowest BCUT2D eigenvalue weighted by Crippen LogP contribution is -2.46. The van der Waals surface area contributed by atoms with Gasteiger partial charge in [0.1, 0.15) is 0 Å². The molecule has 120 valence electrons. The van der Waals surface area contributed by atoms with Crippen LogP contribution in [0.5, 0.6) is 0 Å². The normalized spacial score (nSPS) is 23.7. The smallest absolute Gasteiger partial charge is 0.191 e. The first-order valence-corrected chi connectivity index (χ1v) is 8.15. The van der Waals surface area contributed by atoms with Gasteiger partial charge in [0.25, 0.3) is 0 Å². The highest BCUT2D eigenvalue weighted by molar-refractivity contribution is 5.81. The first kappa shape index (κ1) is 15.3. The molecule has 0 amide bonds. The Morgan fingerprint density at radius 1 is 1.32 bits per heavy atom. The van der Waals surface area contributed by atoms with E-state index < -0.39 is 0 Å². The Balaban J connectivity index is 1.69. The van der Waals surface area contributed by atoms with E-state index in [2.05, 4.69) is 58.6 Å². The third-order valence-corrected chi connectivity index (χ3v) is 4.32. The van der Waals surface area contributed by atoms with Crippen molar-refractivity contribution in [3.05, 3.63) is 35.4 Å². The van der Waals surface area contributed by atoms with E-state index in [9.17, 15) is 0 Å². The number of nitrogens with one attached hydrogen (secondary N) is 2. The molecule has 2 heterocycles. The lowest BCUT2D eigenvalue weighted by atomic mass is 10.0. The second kappa shape index (κ2) is 7.11. The monoisotopic (exact) mass is 302 g/mol. The molecule has 1 aromatic rings. The van der Waals surface area contributed by atoms with E-state index >= 15 is 0 Å². The number of aliphatic imine (C=N–C) groups is 1.